The minimum Gasteiger partial charge on any atom is -0.478 e. The normalized spacial score (nSPS) is 12.6. The van der Waals surface area contributed by atoms with E-state index < -0.39 is 30.5 Å². The third kappa shape index (κ3) is 5.27. The molecule has 0 bridgehead atoms. The summed E-state index contributed by atoms with van der Waals surface area (Å²) in [5.41, 5.74) is -0.655. The number of hydrogen-bond acceptors (Lipinski definition) is 6. The number of carbonyl (C=O) groups is 1. The van der Waals surface area contributed by atoms with Crippen LogP contribution in [0.1, 0.15) is 16.2 Å². The Morgan fingerprint density at radius 1 is 1.06 bits per heavy atom. The van der Waals surface area contributed by atoms with Crippen molar-refractivity contribution >= 4 is 29.2 Å². The molecule has 188 valence electrons. The molecule has 2 aromatic heterocycles. The van der Waals surface area contributed by atoms with E-state index in [0.29, 0.717) is 9.59 Å². The third-order valence-corrected chi connectivity index (χ3v) is 5.51. The lowest BCUT2D eigenvalue weighted by Crippen LogP contribution is -2.37. The summed E-state index contributed by atoms with van der Waals surface area (Å²) in [5.74, 6) is -1.37. The molecule has 0 spiro atoms. The van der Waals surface area contributed by atoms with Crippen LogP contribution in [0, 0.1) is 0 Å². The second-order valence-electron chi connectivity index (χ2n) is 7.51. The first-order valence-corrected chi connectivity index (χ1v) is 10.8. The quantitative estimate of drug-likeness (QED) is 0.366. The molecule has 0 aliphatic rings. The molecule has 0 fully saturated rings. The van der Waals surface area contributed by atoms with E-state index in [0.717, 1.165) is 9.36 Å². The van der Waals surface area contributed by atoms with Crippen LogP contribution in [-0.2, 0) is 13.1 Å². The summed E-state index contributed by atoms with van der Waals surface area (Å²) in [6, 6.07) is 9.99. The Labute approximate surface area is 209 Å². The second-order valence-corrected chi connectivity index (χ2v) is 8.38. The topological polar surface area (TPSA) is 128 Å². The summed E-state index contributed by atoms with van der Waals surface area (Å²) >= 11 is 11.7. The lowest BCUT2D eigenvalue weighted by atomic mass is 10.2. The van der Waals surface area contributed by atoms with Crippen LogP contribution in [0.25, 0.3) is 17.1 Å². The van der Waals surface area contributed by atoms with E-state index in [1.807, 2.05) is 0 Å². The van der Waals surface area contributed by atoms with Crippen LogP contribution in [0.4, 0.5) is 13.2 Å². The maximum Gasteiger partial charge on any atom is 0.416 e. The molecule has 1 unspecified atom stereocenters. The molecule has 2 N–H and O–H groups in total. The van der Waals surface area contributed by atoms with Gasteiger partial charge in [-0.25, -0.2) is 23.9 Å². The van der Waals surface area contributed by atoms with Gasteiger partial charge in [-0.2, -0.15) is 13.2 Å². The number of carboxylic acids is 1. The summed E-state index contributed by atoms with van der Waals surface area (Å²) < 4.78 is 41.7. The number of aliphatic hydroxyl groups is 1. The van der Waals surface area contributed by atoms with Gasteiger partial charge in [0, 0.05) is 15.6 Å². The molecule has 1 atom stereocenters. The smallest absolute Gasteiger partial charge is 0.416 e. The number of halogens is 5. The van der Waals surface area contributed by atoms with Gasteiger partial charge in [0.15, 0.2) is 17.8 Å². The zero-order valence-electron chi connectivity index (χ0n) is 17.9. The van der Waals surface area contributed by atoms with E-state index in [-0.39, 0.29) is 40.0 Å². The minimum atomic E-state index is -4.96. The molecule has 0 amide bonds. The van der Waals surface area contributed by atoms with E-state index in [4.69, 9.17) is 23.2 Å². The van der Waals surface area contributed by atoms with Crippen LogP contribution in [0.2, 0.25) is 10.0 Å². The maximum atomic E-state index is 13.0. The van der Waals surface area contributed by atoms with Crippen LogP contribution in [-0.4, -0.2) is 57.6 Å². The fraction of sp³-hybridized carbons (Fsp3) is 0.190. The van der Waals surface area contributed by atoms with Gasteiger partial charge in [0.05, 0.1) is 17.8 Å². The Morgan fingerprint density at radius 3 is 2.36 bits per heavy atom. The third-order valence-electron chi connectivity index (χ3n) is 5.02. The molecule has 15 heteroatoms. The average molecular weight is 543 g/mol. The summed E-state index contributed by atoms with van der Waals surface area (Å²) in [7, 11) is 0. The van der Waals surface area contributed by atoms with E-state index in [1.54, 1.807) is 0 Å². The first kappa shape index (κ1) is 25.4. The van der Waals surface area contributed by atoms with Gasteiger partial charge in [-0.05, 0) is 42.5 Å². The van der Waals surface area contributed by atoms with E-state index in [9.17, 15) is 33.0 Å². The van der Waals surface area contributed by atoms with Crippen LogP contribution in [0.3, 0.4) is 0 Å². The number of nitrogens with zero attached hydrogens (tertiary/aromatic N) is 6. The molecule has 0 saturated carbocycles. The molecule has 4 rings (SSSR count). The molecule has 0 aliphatic heterocycles. The first-order valence-electron chi connectivity index (χ1n) is 10.1. The number of benzene rings is 2. The molecule has 10 nitrogen and oxygen atoms in total. The zero-order valence-corrected chi connectivity index (χ0v) is 19.4. The predicted molar refractivity (Wildman–Crippen MR) is 121 cm³/mol. The molecular weight excluding hydrogens is 528 g/mol. The fourth-order valence-corrected chi connectivity index (χ4v) is 3.59. The number of aliphatic hydroxyl groups excluding tert-OH is 1. The van der Waals surface area contributed by atoms with Gasteiger partial charge in [0.25, 0.3) is 0 Å². The van der Waals surface area contributed by atoms with Crippen molar-refractivity contribution in [2.75, 3.05) is 0 Å². The highest BCUT2D eigenvalue weighted by molar-refractivity contribution is 6.31. The number of aromatic carboxylic acids is 1. The van der Waals surface area contributed by atoms with Crippen molar-refractivity contribution in [3.8, 4) is 17.1 Å². The van der Waals surface area contributed by atoms with Gasteiger partial charge in [0.2, 0.25) is 0 Å². The molecule has 0 aliphatic carbocycles. The lowest BCUT2D eigenvalue weighted by molar-refractivity contribution is -0.207. The largest absolute Gasteiger partial charge is 0.478 e. The Morgan fingerprint density at radius 2 is 1.72 bits per heavy atom. The molecular formula is C21H15Cl2F3N6O4. The predicted octanol–water partition coefficient (Wildman–Crippen LogP) is 3.27. The molecule has 0 radical (unpaired) electrons. The fourth-order valence-electron chi connectivity index (χ4n) is 3.30. The average Bonchev–Trinajstić information content (AvgIpc) is 3.39. The van der Waals surface area contributed by atoms with Crippen molar-refractivity contribution in [1.82, 2.24) is 29.1 Å². The SMILES string of the molecule is O=C(O)c1cc(Cl)ccc1-n1cnc(Cn2nc(-c3ccc(Cl)cc3)n(CC(O)C(F)(F)F)c2=O)n1. The highest BCUT2D eigenvalue weighted by Crippen LogP contribution is 2.24. The summed E-state index contributed by atoms with van der Waals surface area (Å²) in [4.78, 5) is 28.6. The van der Waals surface area contributed by atoms with E-state index in [1.165, 1.54) is 48.8 Å². The van der Waals surface area contributed by atoms with Crippen LogP contribution < -0.4 is 5.69 Å². The number of aromatic nitrogens is 6. The second kappa shape index (κ2) is 9.76. The molecule has 2 aromatic carbocycles. The van der Waals surface area contributed by atoms with Gasteiger partial charge in [-0.15, -0.1) is 10.2 Å². The molecule has 0 saturated heterocycles. The summed E-state index contributed by atoms with van der Waals surface area (Å²) in [6.45, 7) is -1.44. The summed E-state index contributed by atoms with van der Waals surface area (Å²) in [5, 5.41) is 27.8. The van der Waals surface area contributed by atoms with Gasteiger partial charge in [0.1, 0.15) is 12.9 Å². The lowest BCUT2D eigenvalue weighted by Gasteiger charge is -2.15. The van der Waals surface area contributed by atoms with Crippen molar-refractivity contribution in [1.29, 1.82) is 0 Å². The Hall–Kier alpha value is -3.68. The first-order chi connectivity index (χ1) is 16.9. The van der Waals surface area contributed by atoms with Crippen molar-refractivity contribution in [3.63, 3.8) is 0 Å². The molecule has 2 heterocycles. The molecule has 36 heavy (non-hydrogen) atoms. The number of carboxylic acid groups (broad SMARTS) is 1. The zero-order chi connectivity index (χ0) is 26.2. The van der Waals surface area contributed by atoms with Crippen molar-refractivity contribution in [2.24, 2.45) is 0 Å². The van der Waals surface area contributed by atoms with Crippen molar-refractivity contribution < 1.29 is 28.2 Å². The molecule has 4 aromatic rings. The van der Waals surface area contributed by atoms with Gasteiger partial charge < -0.3 is 10.2 Å². The van der Waals surface area contributed by atoms with Crippen LogP contribution in [0.15, 0.2) is 53.6 Å². The van der Waals surface area contributed by atoms with Crippen molar-refractivity contribution in [3.05, 3.63) is 80.7 Å². The van der Waals surface area contributed by atoms with Gasteiger partial charge >= 0.3 is 17.8 Å². The standard InChI is InChI=1S/C21H15Cl2F3N6O4/c22-12-3-1-11(2-4-12)18-29-31(20(36)30(18)8-16(33)21(24,25)26)9-17-27-10-32(28-17)15-6-5-13(23)7-14(15)19(34)35/h1-7,10,16,33H,8-9H2,(H,34,35). The Kier molecular flexibility index (Phi) is 6.89. The highest BCUT2D eigenvalue weighted by atomic mass is 35.5. The number of rotatable bonds is 7. The van der Waals surface area contributed by atoms with Gasteiger partial charge in [-0.1, -0.05) is 23.2 Å². The summed E-state index contributed by atoms with van der Waals surface area (Å²) in [6.07, 6.45) is -6.56. The maximum absolute atomic E-state index is 13.0. The number of alkyl halides is 3. The Balaban J connectivity index is 1.71. The van der Waals surface area contributed by atoms with Crippen LogP contribution in [0.5, 0.6) is 0 Å². The van der Waals surface area contributed by atoms with Crippen LogP contribution >= 0.6 is 23.2 Å². The minimum absolute atomic E-state index is 0.0204. The monoisotopic (exact) mass is 542 g/mol. The van der Waals surface area contributed by atoms with Crippen molar-refractivity contribution in [2.45, 2.75) is 25.4 Å². The highest BCUT2D eigenvalue weighted by Gasteiger charge is 2.39. The number of hydrogen-bond donors (Lipinski definition) is 2. The Bertz CT molecular complexity index is 1480. The van der Waals surface area contributed by atoms with E-state index in [2.05, 4.69) is 15.2 Å². The van der Waals surface area contributed by atoms with Gasteiger partial charge in [-0.3, -0.25) is 4.57 Å². The van der Waals surface area contributed by atoms with E-state index >= 15 is 0 Å².